The van der Waals surface area contributed by atoms with Crippen molar-refractivity contribution < 1.29 is 19.1 Å². The zero-order chi connectivity index (χ0) is 15.8. The lowest BCUT2D eigenvalue weighted by atomic mass is 10.1. The second kappa shape index (κ2) is 7.99. The quantitative estimate of drug-likeness (QED) is 0.496. The van der Waals surface area contributed by atoms with Crippen molar-refractivity contribution >= 4 is 23.3 Å². The van der Waals surface area contributed by atoms with Crippen molar-refractivity contribution in [3.8, 4) is 0 Å². The van der Waals surface area contributed by atoms with Gasteiger partial charge in [0, 0.05) is 11.6 Å². The molecule has 5 heteroatoms. The van der Waals surface area contributed by atoms with Crippen LogP contribution in [0.25, 0.3) is 0 Å². The second-order valence-electron chi connectivity index (χ2n) is 4.48. The van der Waals surface area contributed by atoms with Gasteiger partial charge in [-0.05, 0) is 32.4 Å². The number of rotatable bonds is 6. The topological polar surface area (TPSA) is 72.5 Å². The molecule has 0 aliphatic carbocycles. The highest BCUT2D eigenvalue weighted by atomic mass is 16.5. The maximum Gasteiger partial charge on any atom is 0.331 e. The van der Waals surface area contributed by atoms with E-state index >= 15 is 0 Å². The molecule has 1 atom stereocenters. The van der Waals surface area contributed by atoms with Crippen molar-refractivity contribution in [3.05, 3.63) is 42.0 Å². The lowest BCUT2D eigenvalue weighted by Gasteiger charge is -2.14. The highest BCUT2D eigenvalue weighted by Gasteiger charge is 2.18. The average Bonchev–Trinajstić information content (AvgIpc) is 2.45. The summed E-state index contributed by atoms with van der Waals surface area (Å²) in [5, 5.41) is 2.59. The van der Waals surface area contributed by atoms with E-state index in [1.54, 1.807) is 30.3 Å². The summed E-state index contributed by atoms with van der Waals surface area (Å²) in [5.74, 6) is -1.21. The summed E-state index contributed by atoms with van der Waals surface area (Å²) in [4.78, 5) is 34.8. The Kier molecular flexibility index (Phi) is 6.33. The number of para-hydroxylation sites is 1. The number of ketones is 1. The molecular weight excluding hydrogens is 270 g/mol. The molecule has 1 rings (SSSR count). The molecule has 1 amide bonds. The minimum absolute atomic E-state index is 0.151. The van der Waals surface area contributed by atoms with Gasteiger partial charge in [0.15, 0.2) is 11.9 Å². The molecule has 0 fully saturated rings. The molecule has 1 aromatic carbocycles. The van der Waals surface area contributed by atoms with E-state index in [1.165, 1.54) is 19.9 Å². The van der Waals surface area contributed by atoms with Gasteiger partial charge in [-0.1, -0.05) is 25.1 Å². The number of hydrogen-bond acceptors (Lipinski definition) is 4. The van der Waals surface area contributed by atoms with Crippen LogP contribution in [-0.4, -0.2) is 23.8 Å². The lowest BCUT2D eigenvalue weighted by Crippen LogP contribution is -2.30. The molecule has 0 aromatic heterocycles. The molecular formula is C16H19NO4. The van der Waals surface area contributed by atoms with Crippen LogP contribution in [0.15, 0.2) is 36.4 Å². The standard InChI is InChI=1S/C16H19NO4/c1-4-5-10-15(19)21-12(3)16(20)17-14-9-7-6-8-13(14)11(2)18/h5-10,12H,4H2,1-3H3,(H,17,20)/b10-5+/t12-/m0/s1. The monoisotopic (exact) mass is 289 g/mol. The number of allylic oxidation sites excluding steroid dienone is 1. The number of anilines is 1. The van der Waals surface area contributed by atoms with Crippen molar-refractivity contribution in [1.82, 2.24) is 0 Å². The predicted octanol–water partition coefficient (Wildman–Crippen LogP) is 2.73. The molecule has 1 N–H and O–H groups in total. The Balaban J connectivity index is 2.71. The molecule has 0 radical (unpaired) electrons. The van der Waals surface area contributed by atoms with Crippen LogP contribution in [0.3, 0.4) is 0 Å². The number of Topliss-reactive ketones (excluding diaryl/α,β-unsaturated/α-hetero) is 1. The first-order valence-corrected chi connectivity index (χ1v) is 6.73. The van der Waals surface area contributed by atoms with Crippen LogP contribution in [0.1, 0.15) is 37.6 Å². The molecule has 0 aliphatic rings. The molecule has 1 aromatic rings. The Morgan fingerprint density at radius 3 is 2.57 bits per heavy atom. The van der Waals surface area contributed by atoms with Crippen LogP contribution in [0, 0.1) is 0 Å². The van der Waals surface area contributed by atoms with E-state index < -0.39 is 18.0 Å². The fourth-order valence-electron chi connectivity index (χ4n) is 1.61. The molecule has 112 valence electrons. The third-order valence-corrected chi connectivity index (χ3v) is 2.72. The van der Waals surface area contributed by atoms with Crippen molar-refractivity contribution in [2.24, 2.45) is 0 Å². The van der Waals surface area contributed by atoms with Gasteiger partial charge in [-0.15, -0.1) is 0 Å². The fourth-order valence-corrected chi connectivity index (χ4v) is 1.61. The largest absolute Gasteiger partial charge is 0.449 e. The number of benzene rings is 1. The van der Waals surface area contributed by atoms with E-state index in [2.05, 4.69) is 5.32 Å². The molecule has 0 unspecified atom stereocenters. The first kappa shape index (κ1) is 16.6. The number of carbonyl (C=O) groups excluding carboxylic acids is 3. The van der Waals surface area contributed by atoms with Crippen LogP contribution in [-0.2, 0) is 14.3 Å². The minimum Gasteiger partial charge on any atom is -0.449 e. The predicted molar refractivity (Wildman–Crippen MR) is 80.1 cm³/mol. The summed E-state index contributed by atoms with van der Waals surface area (Å²) in [6, 6.07) is 6.67. The average molecular weight is 289 g/mol. The number of hydrogen-bond donors (Lipinski definition) is 1. The smallest absolute Gasteiger partial charge is 0.331 e. The maximum absolute atomic E-state index is 12.0. The summed E-state index contributed by atoms with van der Waals surface area (Å²) >= 11 is 0. The third-order valence-electron chi connectivity index (χ3n) is 2.72. The molecule has 0 spiro atoms. The molecule has 0 saturated carbocycles. The summed E-state index contributed by atoms with van der Waals surface area (Å²) in [5.41, 5.74) is 0.817. The zero-order valence-electron chi connectivity index (χ0n) is 12.4. The molecule has 5 nitrogen and oxygen atoms in total. The molecule has 0 bridgehead atoms. The fraction of sp³-hybridized carbons (Fsp3) is 0.312. The minimum atomic E-state index is -0.945. The lowest BCUT2D eigenvalue weighted by molar-refractivity contribution is -0.148. The van der Waals surface area contributed by atoms with Gasteiger partial charge in [-0.3, -0.25) is 9.59 Å². The van der Waals surface area contributed by atoms with E-state index in [4.69, 9.17) is 4.74 Å². The van der Waals surface area contributed by atoms with E-state index in [9.17, 15) is 14.4 Å². The first-order chi connectivity index (χ1) is 9.95. The number of amides is 1. The third kappa shape index (κ3) is 5.22. The number of ether oxygens (including phenoxy) is 1. The van der Waals surface area contributed by atoms with Crippen molar-refractivity contribution in [1.29, 1.82) is 0 Å². The summed E-state index contributed by atoms with van der Waals surface area (Å²) < 4.78 is 4.96. The molecule has 0 heterocycles. The van der Waals surface area contributed by atoms with E-state index in [1.807, 2.05) is 6.92 Å². The van der Waals surface area contributed by atoms with Gasteiger partial charge in [-0.2, -0.15) is 0 Å². The molecule has 21 heavy (non-hydrogen) atoms. The van der Waals surface area contributed by atoms with Crippen molar-refractivity contribution in [3.63, 3.8) is 0 Å². The Hall–Kier alpha value is -2.43. The van der Waals surface area contributed by atoms with Gasteiger partial charge < -0.3 is 10.1 Å². The highest BCUT2D eigenvalue weighted by molar-refractivity contribution is 6.04. The number of nitrogens with one attached hydrogen (secondary N) is 1. The van der Waals surface area contributed by atoms with Gasteiger partial charge in [0.25, 0.3) is 5.91 Å². The SMILES string of the molecule is CC/C=C/C(=O)O[C@@H](C)C(=O)Nc1ccccc1C(C)=O. The highest BCUT2D eigenvalue weighted by Crippen LogP contribution is 2.16. The van der Waals surface area contributed by atoms with Gasteiger partial charge in [0.1, 0.15) is 0 Å². The summed E-state index contributed by atoms with van der Waals surface area (Å²) in [6.07, 6.45) is 2.70. The summed E-state index contributed by atoms with van der Waals surface area (Å²) in [6.45, 7) is 4.78. The van der Waals surface area contributed by atoms with Crippen LogP contribution < -0.4 is 5.32 Å². The van der Waals surface area contributed by atoms with Crippen molar-refractivity contribution in [2.75, 3.05) is 5.32 Å². The Bertz CT molecular complexity index is 563. The van der Waals surface area contributed by atoms with Crippen LogP contribution >= 0.6 is 0 Å². The van der Waals surface area contributed by atoms with Crippen LogP contribution in [0.2, 0.25) is 0 Å². The second-order valence-corrected chi connectivity index (χ2v) is 4.48. The van der Waals surface area contributed by atoms with Gasteiger partial charge in [0.2, 0.25) is 0 Å². The Morgan fingerprint density at radius 1 is 1.29 bits per heavy atom. The van der Waals surface area contributed by atoms with Gasteiger partial charge >= 0.3 is 5.97 Å². The van der Waals surface area contributed by atoms with Crippen LogP contribution in [0.5, 0.6) is 0 Å². The maximum atomic E-state index is 12.0. The first-order valence-electron chi connectivity index (χ1n) is 6.73. The van der Waals surface area contributed by atoms with Crippen molar-refractivity contribution in [2.45, 2.75) is 33.3 Å². The van der Waals surface area contributed by atoms with E-state index in [0.29, 0.717) is 17.7 Å². The van der Waals surface area contributed by atoms with Gasteiger partial charge in [-0.25, -0.2) is 4.79 Å². The normalized spacial score (nSPS) is 12.0. The van der Waals surface area contributed by atoms with Gasteiger partial charge in [0.05, 0.1) is 5.69 Å². The Labute approximate surface area is 124 Å². The number of esters is 1. The summed E-state index contributed by atoms with van der Waals surface area (Å²) in [7, 11) is 0. The number of carbonyl (C=O) groups is 3. The van der Waals surface area contributed by atoms with Crippen LogP contribution in [0.4, 0.5) is 5.69 Å². The van der Waals surface area contributed by atoms with E-state index in [0.717, 1.165) is 0 Å². The zero-order valence-corrected chi connectivity index (χ0v) is 12.4. The van der Waals surface area contributed by atoms with E-state index in [-0.39, 0.29) is 5.78 Å². The Morgan fingerprint density at radius 2 is 1.95 bits per heavy atom. The molecule has 0 saturated heterocycles. The molecule has 0 aliphatic heterocycles.